The predicted molar refractivity (Wildman–Crippen MR) is 82.8 cm³/mol. The van der Waals surface area contributed by atoms with E-state index in [1.165, 1.54) is 11.1 Å². The highest BCUT2D eigenvalue weighted by molar-refractivity contribution is 9.30. The first kappa shape index (κ1) is 13.1. The average Bonchev–Trinajstić information content (AvgIpc) is 2.26. The van der Waals surface area contributed by atoms with Crippen molar-refractivity contribution in [3.8, 4) is 0 Å². The fourth-order valence-electron chi connectivity index (χ4n) is 1.80. The Labute approximate surface area is 131 Å². The number of alkyl halides is 5. The van der Waals surface area contributed by atoms with Crippen LogP contribution in [0.3, 0.4) is 0 Å². The van der Waals surface area contributed by atoms with Crippen molar-refractivity contribution in [2.45, 2.75) is 17.7 Å². The van der Waals surface area contributed by atoms with Crippen LogP contribution in [0.15, 0.2) is 24.3 Å². The van der Waals surface area contributed by atoms with Crippen LogP contribution in [0.1, 0.15) is 18.1 Å². The van der Waals surface area contributed by atoms with Gasteiger partial charge in [0.05, 0.1) is 4.32 Å². The maximum atomic E-state index is 3.78. The molecule has 1 unspecified atom stereocenters. The molecule has 0 fully saturated rings. The van der Waals surface area contributed by atoms with Gasteiger partial charge in [-0.1, -0.05) is 104 Å². The molecule has 1 atom stereocenters. The van der Waals surface area contributed by atoms with Crippen molar-refractivity contribution in [1.82, 2.24) is 0 Å². The van der Waals surface area contributed by atoms with Crippen LogP contribution < -0.4 is 0 Å². The number of hydrogen-bond acceptors (Lipinski definition) is 0. The molecule has 0 aromatic heterocycles. The summed E-state index contributed by atoms with van der Waals surface area (Å²) in [5, 5.41) is 0. The molecule has 1 aliphatic rings. The van der Waals surface area contributed by atoms with Gasteiger partial charge in [-0.2, -0.15) is 0 Å². The number of fused-ring (bicyclic) bond motifs is 1. The van der Waals surface area contributed by atoms with E-state index in [0.29, 0.717) is 0 Å². The number of halogens is 5. The molecule has 2 rings (SSSR count). The van der Waals surface area contributed by atoms with Crippen molar-refractivity contribution in [2.24, 2.45) is 0 Å². The molecular formula is C10H7Br5. The quantitative estimate of drug-likeness (QED) is 0.379. The van der Waals surface area contributed by atoms with Crippen LogP contribution in [0.5, 0.6) is 0 Å². The summed E-state index contributed by atoms with van der Waals surface area (Å²) in [6.45, 7) is 2.14. The summed E-state index contributed by atoms with van der Waals surface area (Å²) in [4.78, 5) is 0. The Hall–Kier alpha value is 1.62. The van der Waals surface area contributed by atoms with Crippen molar-refractivity contribution in [2.75, 3.05) is 0 Å². The minimum atomic E-state index is -0.332. The number of benzene rings is 1. The monoisotopic (exact) mass is 522 g/mol. The summed E-state index contributed by atoms with van der Waals surface area (Å²) in [5.74, 6) is 0. The molecular weight excluding hydrogens is 520 g/mol. The summed E-state index contributed by atoms with van der Waals surface area (Å²) in [6.07, 6.45) is 0. The largest absolute Gasteiger partial charge is 0.132 e. The molecule has 15 heavy (non-hydrogen) atoms. The fraction of sp³-hybridized carbons (Fsp3) is 0.400. The third-order valence-electron chi connectivity index (χ3n) is 2.76. The molecule has 0 bridgehead atoms. The van der Waals surface area contributed by atoms with E-state index in [9.17, 15) is 0 Å². The van der Waals surface area contributed by atoms with Gasteiger partial charge in [-0.25, -0.2) is 0 Å². The van der Waals surface area contributed by atoms with Crippen LogP contribution in [0.2, 0.25) is 0 Å². The van der Waals surface area contributed by atoms with Gasteiger partial charge in [0.1, 0.15) is 6.47 Å². The maximum Gasteiger partial charge on any atom is 0.132 e. The van der Waals surface area contributed by atoms with Gasteiger partial charge in [0.15, 0.2) is 0 Å². The van der Waals surface area contributed by atoms with Crippen molar-refractivity contribution < 1.29 is 0 Å². The average molecular weight is 527 g/mol. The van der Waals surface area contributed by atoms with Crippen molar-refractivity contribution in [3.63, 3.8) is 0 Å². The molecule has 1 aliphatic carbocycles. The molecule has 0 radical (unpaired) electrons. The Morgan fingerprint density at radius 1 is 0.867 bits per heavy atom. The second kappa shape index (κ2) is 3.81. The van der Waals surface area contributed by atoms with Crippen molar-refractivity contribution in [1.29, 1.82) is 0 Å². The third kappa shape index (κ3) is 1.60. The Kier molecular flexibility index (Phi) is 3.31. The van der Waals surface area contributed by atoms with E-state index >= 15 is 0 Å². The Bertz CT molecular complexity index is 371. The lowest BCUT2D eigenvalue weighted by Gasteiger charge is -2.36. The highest BCUT2D eigenvalue weighted by atomic mass is 79.9. The lowest BCUT2D eigenvalue weighted by molar-refractivity contribution is 0.674. The topological polar surface area (TPSA) is 0 Å². The zero-order valence-electron chi connectivity index (χ0n) is 7.70. The normalized spacial score (nSPS) is 31.3. The molecule has 1 aromatic rings. The smallest absolute Gasteiger partial charge is 0.0778 e. The molecule has 0 aliphatic heterocycles. The second-order valence-electron chi connectivity index (χ2n) is 3.70. The van der Waals surface area contributed by atoms with Crippen LogP contribution in [-0.4, -0.2) is 3.23 Å². The molecule has 0 amide bonds. The summed E-state index contributed by atoms with van der Waals surface area (Å²) in [6, 6.07) is 8.34. The number of hydrogen-bond donors (Lipinski definition) is 0. The SMILES string of the molecule is CC1(Br)c2ccccc2C(Br)(Br)C1(Br)Br. The summed E-state index contributed by atoms with van der Waals surface area (Å²) >= 11 is 18.7. The molecule has 0 spiro atoms. The standard InChI is InChI=1S/C10H7Br5/c1-8(11)6-4-2-3-5-7(6)9(12,13)10(8,14)15/h2-5H,1H3. The van der Waals surface area contributed by atoms with Crippen LogP contribution in [0.4, 0.5) is 0 Å². The Morgan fingerprint density at radius 2 is 1.33 bits per heavy atom. The first-order valence-electron chi connectivity index (χ1n) is 4.27. The van der Waals surface area contributed by atoms with Gasteiger partial charge in [0.2, 0.25) is 0 Å². The van der Waals surface area contributed by atoms with Gasteiger partial charge >= 0.3 is 0 Å². The zero-order chi connectivity index (χ0) is 11.5. The van der Waals surface area contributed by atoms with E-state index in [-0.39, 0.29) is 10.8 Å². The van der Waals surface area contributed by atoms with Crippen LogP contribution in [-0.2, 0) is 7.56 Å². The lowest BCUT2D eigenvalue weighted by atomic mass is 10.0. The van der Waals surface area contributed by atoms with E-state index in [0.717, 1.165) is 0 Å². The van der Waals surface area contributed by atoms with Gasteiger partial charge in [0.25, 0.3) is 0 Å². The first-order valence-corrected chi connectivity index (χ1v) is 8.24. The highest BCUT2D eigenvalue weighted by Crippen LogP contribution is 2.71. The second-order valence-corrected chi connectivity index (χ2v) is 12.2. The zero-order valence-corrected chi connectivity index (χ0v) is 15.6. The molecule has 1 aromatic carbocycles. The number of rotatable bonds is 0. The minimum Gasteiger partial charge on any atom is -0.0778 e. The fourth-order valence-corrected chi connectivity index (χ4v) is 5.31. The van der Waals surface area contributed by atoms with E-state index in [2.05, 4.69) is 105 Å². The third-order valence-corrected chi connectivity index (χ3v) is 11.8. The predicted octanol–water partition coefficient (Wildman–Crippen LogP) is 5.74. The Morgan fingerprint density at radius 3 is 1.80 bits per heavy atom. The summed E-state index contributed by atoms with van der Waals surface area (Å²) < 4.78 is -0.852. The van der Waals surface area contributed by atoms with Crippen molar-refractivity contribution in [3.05, 3.63) is 35.4 Å². The molecule has 82 valence electrons. The van der Waals surface area contributed by atoms with Gasteiger partial charge in [-0.3, -0.25) is 0 Å². The van der Waals surface area contributed by atoms with Gasteiger partial charge in [0, 0.05) is 0 Å². The summed E-state index contributed by atoms with van der Waals surface area (Å²) in [5.41, 5.74) is 2.48. The van der Waals surface area contributed by atoms with Crippen LogP contribution in [0.25, 0.3) is 0 Å². The maximum absolute atomic E-state index is 3.78. The molecule has 0 saturated carbocycles. The molecule has 0 N–H and O–H groups in total. The molecule has 5 heteroatoms. The lowest BCUT2D eigenvalue weighted by Crippen LogP contribution is -2.38. The van der Waals surface area contributed by atoms with E-state index in [1.54, 1.807) is 0 Å². The summed E-state index contributed by atoms with van der Waals surface area (Å²) in [7, 11) is 0. The van der Waals surface area contributed by atoms with Gasteiger partial charge < -0.3 is 0 Å². The first-order chi connectivity index (χ1) is 6.73. The van der Waals surface area contributed by atoms with E-state index in [4.69, 9.17) is 0 Å². The molecule has 0 saturated heterocycles. The van der Waals surface area contributed by atoms with Crippen molar-refractivity contribution >= 4 is 79.6 Å². The van der Waals surface area contributed by atoms with Gasteiger partial charge in [-0.15, -0.1) is 0 Å². The van der Waals surface area contributed by atoms with E-state index < -0.39 is 0 Å². The molecule has 0 nitrogen and oxygen atoms in total. The molecule has 0 heterocycles. The Balaban J connectivity index is 2.78. The van der Waals surface area contributed by atoms with Gasteiger partial charge in [-0.05, 0) is 18.1 Å². The van der Waals surface area contributed by atoms with Crippen LogP contribution in [0, 0.1) is 0 Å². The minimum absolute atomic E-state index is 0.191. The van der Waals surface area contributed by atoms with E-state index in [1.807, 2.05) is 6.07 Å². The van der Waals surface area contributed by atoms with Crippen LogP contribution >= 0.6 is 79.6 Å². The highest BCUT2D eigenvalue weighted by Gasteiger charge is 2.64.